The molecule has 0 saturated heterocycles. The molecule has 0 saturated carbocycles. The fraction of sp³-hybridized carbons (Fsp3) is 0.400. The van der Waals surface area contributed by atoms with E-state index in [9.17, 15) is 18.0 Å². The molecule has 1 aromatic carbocycles. The van der Waals surface area contributed by atoms with Crippen molar-refractivity contribution in [3.05, 3.63) is 34.9 Å². The van der Waals surface area contributed by atoms with E-state index >= 15 is 0 Å². The first-order chi connectivity index (χ1) is 9.81. The average Bonchev–Trinajstić information content (AvgIpc) is 2.39. The first kappa shape index (κ1) is 17.1. The van der Waals surface area contributed by atoms with Gasteiger partial charge in [-0.15, -0.1) is 0 Å². The van der Waals surface area contributed by atoms with Crippen LogP contribution in [0.25, 0.3) is 0 Å². The van der Waals surface area contributed by atoms with Gasteiger partial charge in [0, 0.05) is 24.1 Å². The monoisotopic (exact) mass is 298 g/mol. The molecule has 0 aliphatic carbocycles. The maximum Gasteiger partial charge on any atom is 0.389 e. The minimum atomic E-state index is -4.20. The van der Waals surface area contributed by atoms with Crippen molar-refractivity contribution >= 4 is 5.91 Å². The van der Waals surface area contributed by atoms with Crippen LogP contribution in [0.3, 0.4) is 0 Å². The van der Waals surface area contributed by atoms with Crippen molar-refractivity contribution in [2.24, 2.45) is 5.73 Å². The lowest BCUT2D eigenvalue weighted by molar-refractivity contribution is -0.135. The number of alkyl halides is 3. The molecule has 0 radical (unpaired) electrons. The lowest BCUT2D eigenvalue weighted by Gasteiger charge is -2.08. The van der Waals surface area contributed by atoms with Gasteiger partial charge in [-0.1, -0.05) is 11.8 Å². The topological polar surface area (TPSA) is 55.1 Å². The smallest absolute Gasteiger partial charge is 0.352 e. The standard InChI is InChI=1S/C15H17F3N2O/c1-11-8-12(4-2-6-19)10-13(9-11)14(21)20-7-3-5-15(16,17)18/h8-10H,3,5-7,19H2,1H3,(H,20,21). The Morgan fingerprint density at radius 3 is 2.67 bits per heavy atom. The maximum atomic E-state index is 12.0. The molecule has 0 bridgehead atoms. The van der Waals surface area contributed by atoms with E-state index in [0.717, 1.165) is 5.56 Å². The van der Waals surface area contributed by atoms with Crippen LogP contribution in [0, 0.1) is 18.8 Å². The highest BCUT2D eigenvalue weighted by molar-refractivity contribution is 5.94. The van der Waals surface area contributed by atoms with E-state index in [0.29, 0.717) is 11.1 Å². The highest BCUT2D eigenvalue weighted by Gasteiger charge is 2.26. The van der Waals surface area contributed by atoms with Crippen molar-refractivity contribution in [3.63, 3.8) is 0 Å². The number of benzene rings is 1. The summed E-state index contributed by atoms with van der Waals surface area (Å²) < 4.78 is 36.0. The molecule has 1 rings (SSSR count). The molecule has 0 aliphatic rings. The number of rotatable bonds is 4. The lowest BCUT2D eigenvalue weighted by Crippen LogP contribution is -2.25. The van der Waals surface area contributed by atoms with E-state index in [-0.39, 0.29) is 19.5 Å². The summed E-state index contributed by atoms with van der Waals surface area (Å²) in [5.41, 5.74) is 7.16. The number of hydrogen-bond acceptors (Lipinski definition) is 2. The van der Waals surface area contributed by atoms with Crippen molar-refractivity contribution in [1.82, 2.24) is 5.32 Å². The minimum absolute atomic E-state index is 0.0178. The Labute approximate surface area is 121 Å². The molecule has 0 aromatic heterocycles. The second-order valence-electron chi connectivity index (χ2n) is 4.57. The van der Waals surface area contributed by atoms with Gasteiger partial charge >= 0.3 is 6.18 Å². The number of aryl methyl sites for hydroxylation is 1. The fourth-order valence-corrected chi connectivity index (χ4v) is 1.73. The van der Waals surface area contributed by atoms with E-state index in [2.05, 4.69) is 17.2 Å². The maximum absolute atomic E-state index is 12.0. The second kappa shape index (κ2) is 7.70. The van der Waals surface area contributed by atoms with Crippen molar-refractivity contribution in [3.8, 4) is 11.8 Å². The van der Waals surface area contributed by atoms with Gasteiger partial charge in [0.05, 0.1) is 6.54 Å². The molecule has 3 N–H and O–H groups in total. The van der Waals surface area contributed by atoms with Gasteiger partial charge in [-0.25, -0.2) is 0 Å². The minimum Gasteiger partial charge on any atom is -0.352 e. The van der Waals surface area contributed by atoms with Crippen LogP contribution >= 0.6 is 0 Å². The van der Waals surface area contributed by atoms with Crippen LogP contribution in [-0.2, 0) is 0 Å². The van der Waals surface area contributed by atoms with Gasteiger partial charge in [-0.05, 0) is 37.1 Å². The molecule has 1 aromatic rings. The second-order valence-corrected chi connectivity index (χ2v) is 4.57. The van der Waals surface area contributed by atoms with E-state index in [1.165, 1.54) is 0 Å². The molecule has 3 nitrogen and oxygen atoms in total. The third-order valence-electron chi connectivity index (χ3n) is 2.60. The molecule has 0 unspecified atom stereocenters. The summed E-state index contributed by atoms with van der Waals surface area (Å²) in [6.07, 6.45) is -5.24. The number of nitrogens with one attached hydrogen (secondary N) is 1. The first-order valence-electron chi connectivity index (χ1n) is 6.47. The summed E-state index contributed by atoms with van der Waals surface area (Å²) in [6, 6.07) is 5.06. The van der Waals surface area contributed by atoms with Gasteiger partial charge in [-0.3, -0.25) is 4.79 Å². The number of carbonyl (C=O) groups excluding carboxylic acids is 1. The summed E-state index contributed by atoms with van der Waals surface area (Å²) >= 11 is 0. The van der Waals surface area contributed by atoms with E-state index in [1.807, 2.05) is 13.0 Å². The van der Waals surface area contributed by atoms with E-state index in [1.54, 1.807) is 12.1 Å². The Bertz CT molecular complexity index is 556. The van der Waals surface area contributed by atoms with Crippen LogP contribution in [0.1, 0.15) is 34.3 Å². The van der Waals surface area contributed by atoms with Crippen LogP contribution in [-0.4, -0.2) is 25.2 Å². The third kappa shape index (κ3) is 6.82. The summed E-state index contributed by atoms with van der Waals surface area (Å²) in [4.78, 5) is 11.9. The van der Waals surface area contributed by atoms with Crippen LogP contribution in [0.2, 0.25) is 0 Å². The zero-order chi connectivity index (χ0) is 15.9. The Balaban J connectivity index is 2.63. The number of amides is 1. The molecule has 0 atom stereocenters. The molecule has 0 heterocycles. The van der Waals surface area contributed by atoms with Crippen LogP contribution in [0.5, 0.6) is 0 Å². The van der Waals surface area contributed by atoms with Crippen molar-refractivity contribution in [2.75, 3.05) is 13.1 Å². The third-order valence-corrected chi connectivity index (χ3v) is 2.60. The largest absolute Gasteiger partial charge is 0.389 e. The van der Waals surface area contributed by atoms with E-state index < -0.39 is 18.5 Å². The van der Waals surface area contributed by atoms with Crippen molar-refractivity contribution < 1.29 is 18.0 Å². The van der Waals surface area contributed by atoms with Crippen LogP contribution in [0.4, 0.5) is 13.2 Å². The lowest BCUT2D eigenvalue weighted by atomic mass is 10.1. The zero-order valence-corrected chi connectivity index (χ0v) is 11.7. The van der Waals surface area contributed by atoms with Gasteiger partial charge in [0.2, 0.25) is 0 Å². The zero-order valence-electron chi connectivity index (χ0n) is 11.7. The number of halogens is 3. The number of hydrogen-bond donors (Lipinski definition) is 2. The summed E-state index contributed by atoms with van der Waals surface area (Å²) in [5, 5.41) is 2.47. The normalized spacial score (nSPS) is 10.7. The molecule has 1 amide bonds. The SMILES string of the molecule is Cc1cc(C#CCN)cc(C(=O)NCCCC(F)(F)F)c1. The number of nitrogens with two attached hydrogens (primary N) is 1. The summed E-state index contributed by atoms with van der Waals surface area (Å²) in [5.74, 6) is 5.11. The quantitative estimate of drug-likeness (QED) is 0.662. The molecular formula is C15H17F3N2O. The first-order valence-corrected chi connectivity index (χ1v) is 6.47. The Morgan fingerprint density at radius 2 is 2.05 bits per heavy atom. The predicted octanol–water partition coefficient (Wildman–Crippen LogP) is 2.38. The Morgan fingerprint density at radius 1 is 1.33 bits per heavy atom. The van der Waals surface area contributed by atoms with Gasteiger partial charge in [0.15, 0.2) is 0 Å². The van der Waals surface area contributed by atoms with Gasteiger partial charge in [0.25, 0.3) is 5.91 Å². The highest BCUT2D eigenvalue weighted by atomic mass is 19.4. The van der Waals surface area contributed by atoms with Crippen LogP contribution < -0.4 is 11.1 Å². The molecular weight excluding hydrogens is 281 g/mol. The summed E-state index contributed by atoms with van der Waals surface area (Å²) in [6.45, 7) is 2.01. The average molecular weight is 298 g/mol. The van der Waals surface area contributed by atoms with E-state index in [4.69, 9.17) is 5.73 Å². The van der Waals surface area contributed by atoms with Gasteiger partial charge in [0.1, 0.15) is 0 Å². The van der Waals surface area contributed by atoms with Gasteiger partial charge in [-0.2, -0.15) is 13.2 Å². The summed E-state index contributed by atoms with van der Waals surface area (Å²) in [7, 11) is 0. The molecule has 0 spiro atoms. The Kier molecular flexibility index (Phi) is 6.25. The van der Waals surface area contributed by atoms with Gasteiger partial charge < -0.3 is 11.1 Å². The molecule has 114 valence electrons. The van der Waals surface area contributed by atoms with Crippen molar-refractivity contribution in [1.29, 1.82) is 0 Å². The molecule has 6 heteroatoms. The van der Waals surface area contributed by atoms with Crippen molar-refractivity contribution in [2.45, 2.75) is 25.9 Å². The predicted molar refractivity (Wildman–Crippen MR) is 74.7 cm³/mol. The van der Waals surface area contributed by atoms with Crippen LogP contribution in [0.15, 0.2) is 18.2 Å². The molecule has 0 aliphatic heterocycles. The highest BCUT2D eigenvalue weighted by Crippen LogP contribution is 2.20. The number of carbonyl (C=O) groups is 1. The Hall–Kier alpha value is -2.00. The fourth-order valence-electron chi connectivity index (χ4n) is 1.73. The molecule has 21 heavy (non-hydrogen) atoms. The molecule has 0 fully saturated rings.